The zero-order valence-corrected chi connectivity index (χ0v) is 10.5. The minimum Gasteiger partial charge on any atom is -0.382 e. The van der Waals surface area contributed by atoms with E-state index in [9.17, 15) is 19.3 Å². The van der Waals surface area contributed by atoms with Crippen LogP contribution in [0, 0.1) is 15.9 Å². The van der Waals surface area contributed by atoms with E-state index in [2.05, 4.69) is 5.32 Å². The zero-order chi connectivity index (χ0) is 14.3. The molecule has 6 nitrogen and oxygen atoms in total. The molecule has 0 saturated carbocycles. The molecule has 1 rings (SSSR count). The van der Waals surface area contributed by atoms with E-state index in [1.165, 1.54) is 0 Å². The normalized spacial score (nSPS) is 10.2. The average Bonchev–Trinajstić information content (AvgIpc) is 2.37. The fraction of sp³-hybridized carbons (Fsp3) is 0.417. The highest BCUT2D eigenvalue weighted by Crippen LogP contribution is 2.21. The van der Waals surface area contributed by atoms with E-state index in [0.717, 1.165) is 18.2 Å². The predicted molar refractivity (Wildman–Crippen MR) is 67.4 cm³/mol. The van der Waals surface area contributed by atoms with Crippen LogP contribution in [0.4, 0.5) is 15.8 Å². The van der Waals surface area contributed by atoms with Crippen molar-refractivity contribution in [2.75, 3.05) is 18.5 Å². The Morgan fingerprint density at radius 1 is 1.53 bits per heavy atom. The Morgan fingerprint density at radius 2 is 2.26 bits per heavy atom. The van der Waals surface area contributed by atoms with Crippen LogP contribution in [0.15, 0.2) is 18.2 Å². The quantitative estimate of drug-likeness (QED) is 0.469. The molecule has 0 unspecified atom stereocenters. The van der Waals surface area contributed by atoms with Gasteiger partial charge in [-0.25, -0.2) is 4.39 Å². The van der Waals surface area contributed by atoms with Crippen LogP contribution in [-0.2, 0) is 9.53 Å². The molecule has 1 aromatic carbocycles. The molecule has 1 N–H and O–H groups in total. The van der Waals surface area contributed by atoms with Crippen LogP contribution >= 0.6 is 0 Å². The lowest BCUT2D eigenvalue weighted by Crippen LogP contribution is -2.13. The number of hydrogen-bond donors (Lipinski definition) is 1. The number of nitro benzene ring substituents is 1. The van der Waals surface area contributed by atoms with Gasteiger partial charge in [0.1, 0.15) is 5.82 Å². The average molecular weight is 270 g/mol. The minimum atomic E-state index is -0.705. The number of nitrogens with one attached hydrogen (secondary N) is 1. The summed E-state index contributed by atoms with van der Waals surface area (Å²) in [4.78, 5) is 21.4. The molecular weight excluding hydrogens is 255 g/mol. The molecule has 1 amide bonds. The predicted octanol–water partition coefficient (Wildman–Crippen LogP) is 2.49. The summed E-state index contributed by atoms with van der Waals surface area (Å²) >= 11 is 0. The Kier molecular flexibility index (Phi) is 5.87. The van der Waals surface area contributed by atoms with Crippen molar-refractivity contribution in [1.82, 2.24) is 0 Å². The summed E-state index contributed by atoms with van der Waals surface area (Å²) in [6.07, 6.45) is 0.679. The van der Waals surface area contributed by atoms with Gasteiger partial charge < -0.3 is 10.1 Å². The maximum Gasteiger partial charge on any atom is 0.271 e. The van der Waals surface area contributed by atoms with Crippen LogP contribution in [0.25, 0.3) is 0 Å². The number of rotatable bonds is 7. The van der Waals surface area contributed by atoms with Crippen molar-refractivity contribution in [2.24, 2.45) is 0 Å². The first-order valence-electron chi connectivity index (χ1n) is 5.86. The Hall–Kier alpha value is -2.02. The first-order valence-corrected chi connectivity index (χ1v) is 5.86. The molecule has 0 saturated heterocycles. The number of carbonyl (C=O) groups excluding carboxylic acids is 1. The second-order valence-electron chi connectivity index (χ2n) is 3.77. The first-order chi connectivity index (χ1) is 9.04. The first kappa shape index (κ1) is 15.0. The van der Waals surface area contributed by atoms with Gasteiger partial charge in [0.2, 0.25) is 5.91 Å². The van der Waals surface area contributed by atoms with Gasteiger partial charge in [0, 0.05) is 31.8 Å². The largest absolute Gasteiger partial charge is 0.382 e. The summed E-state index contributed by atoms with van der Waals surface area (Å²) in [6.45, 7) is 2.86. The molecule has 0 aromatic heterocycles. The molecule has 0 spiro atoms. The summed E-state index contributed by atoms with van der Waals surface area (Å²) < 4.78 is 18.4. The van der Waals surface area contributed by atoms with Gasteiger partial charge in [-0.15, -0.1) is 0 Å². The summed E-state index contributed by atoms with van der Waals surface area (Å²) in [5.74, 6) is -1.11. The summed E-state index contributed by atoms with van der Waals surface area (Å²) in [7, 11) is 0. The molecule has 0 heterocycles. The number of ether oxygens (including phenoxy) is 1. The van der Waals surface area contributed by atoms with E-state index in [-0.39, 0.29) is 17.8 Å². The lowest BCUT2D eigenvalue weighted by atomic mass is 10.2. The molecule has 0 radical (unpaired) electrons. The van der Waals surface area contributed by atoms with Gasteiger partial charge in [-0.2, -0.15) is 0 Å². The Balaban J connectivity index is 2.58. The smallest absolute Gasteiger partial charge is 0.271 e. The minimum absolute atomic E-state index is 0.169. The standard InChI is InChI=1S/C12H15FN2O4/c1-2-19-7-3-4-12(16)14-11-8-9(15(17)18)5-6-10(11)13/h5-6,8H,2-4,7H2,1H3,(H,14,16). The number of carbonyl (C=O) groups is 1. The van der Waals surface area contributed by atoms with Crippen molar-refractivity contribution >= 4 is 17.3 Å². The van der Waals surface area contributed by atoms with Crippen LogP contribution < -0.4 is 5.32 Å². The van der Waals surface area contributed by atoms with Gasteiger partial charge in [0.05, 0.1) is 10.6 Å². The monoisotopic (exact) mass is 270 g/mol. The van der Waals surface area contributed by atoms with E-state index >= 15 is 0 Å². The van der Waals surface area contributed by atoms with Gasteiger partial charge in [-0.3, -0.25) is 14.9 Å². The highest BCUT2D eigenvalue weighted by Gasteiger charge is 2.12. The van der Waals surface area contributed by atoms with Crippen LogP contribution in [-0.4, -0.2) is 24.0 Å². The van der Waals surface area contributed by atoms with Crippen LogP contribution in [0.2, 0.25) is 0 Å². The second-order valence-corrected chi connectivity index (χ2v) is 3.77. The fourth-order valence-corrected chi connectivity index (χ4v) is 1.41. The highest BCUT2D eigenvalue weighted by molar-refractivity contribution is 5.91. The van der Waals surface area contributed by atoms with Gasteiger partial charge in [0.15, 0.2) is 0 Å². The maximum atomic E-state index is 13.4. The van der Waals surface area contributed by atoms with Crippen LogP contribution in [0.3, 0.4) is 0 Å². The van der Waals surface area contributed by atoms with E-state index in [4.69, 9.17) is 4.74 Å². The molecule has 0 atom stereocenters. The molecule has 0 aliphatic heterocycles. The van der Waals surface area contributed by atoms with Crippen molar-refractivity contribution in [3.63, 3.8) is 0 Å². The molecule has 19 heavy (non-hydrogen) atoms. The van der Waals surface area contributed by atoms with Crippen LogP contribution in [0.5, 0.6) is 0 Å². The van der Waals surface area contributed by atoms with Crippen molar-refractivity contribution in [3.05, 3.63) is 34.1 Å². The third-order valence-electron chi connectivity index (χ3n) is 2.33. The number of nitro groups is 1. The van der Waals surface area contributed by atoms with E-state index < -0.39 is 16.6 Å². The van der Waals surface area contributed by atoms with Gasteiger partial charge in [-0.05, 0) is 19.4 Å². The third-order valence-corrected chi connectivity index (χ3v) is 2.33. The van der Waals surface area contributed by atoms with Gasteiger partial charge in [0.25, 0.3) is 5.69 Å². The Morgan fingerprint density at radius 3 is 2.89 bits per heavy atom. The van der Waals surface area contributed by atoms with E-state index in [0.29, 0.717) is 19.6 Å². The van der Waals surface area contributed by atoms with E-state index in [1.54, 1.807) is 0 Å². The molecule has 0 aliphatic rings. The Bertz CT molecular complexity index is 465. The third kappa shape index (κ3) is 5.01. The molecule has 7 heteroatoms. The zero-order valence-electron chi connectivity index (χ0n) is 10.5. The number of benzene rings is 1. The molecule has 0 fully saturated rings. The van der Waals surface area contributed by atoms with Crippen molar-refractivity contribution < 1.29 is 18.8 Å². The Labute approximate surface area is 109 Å². The fourth-order valence-electron chi connectivity index (χ4n) is 1.41. The topological polar surface area (TPSA) is 81.5 Å². The number of amides is 1. The summed E-state index contributed by atoms with van der Waals surface area (Å²) in [6, 6.07) is 2.99. The number of halogens is 1. The highest BCUT2D eigenvalue weighted by atomic mass is 19.1. The van der Waals surface area contributed by atoms with Crippen molar-refractivity contribution in [2.45, 2.75) is 19.8 Å². The molecular formula is C12H15FN2O4. The molecule has 0 bridgehead atoms. The van der Waals surface area contributed by atoms with E-state index in [1.807, 2.05) is 6.92 Å². The van der Waals surface area contributed by atoms with Gasteiger partial charge >= 0.3 is 0 Å². The second kappa shape index (κ2) is 7.42. The van der Waals surface area contributed by atoms with Crippen LogP contribution in [0.1, 0.15) is 19.8 Å². The lowest BCUT2D eigenvalue weighted by Gasteiger charge is -2.06. The van der Waals surface area contributed by atoms with Gasteiger partial charge in [-0.1, -0.05) is 0 Å². The number of anilines is 1. The number of nitrogens with zero attached hydrogens (tertiary/aromatic N) is 1. The summed E-state index contributed by atoms with van der Waals surface area (Å²) in [5, 5.41) is 12.9. The summed E-state index contributed by atoms with van der Waals surface area (Å²) in [5.41, 5.74) is -0.457. The SMILES string of the molecule is CCOCCCC(=O)Nc1cc([N+](=O)[O-])ccc1F. The lowest BCUT2D eigenvalue weighted by molar-refractivity contribution is -0.384. The van der Waals surface area contributed by atoms with Crippen molar-refractivity contribution in [3.8, 4) is 0 Å². The molecule has 0 aliphatic carbocycles. The molecule has 1 aromatic rings. The number of hydrogen-bond acceptors (Lipinski definition) is 4. The number of non-ortho nitro benzene ring substituents is 1. The maximum absolute atomic E-state index is 13.4. The molecule has 104 valence electrons. The van der Waals surface area contributed by atoms with Crippen molar-refractivity contribution in [1.29, 1.82) is 0 Å².